The summed E-state index contributed by atoms with van der Waals surface area (Å²) in [7, 11) is 1.47. The van der Waals surface area contributed by atoms with Gasteiger partial charge < -0.3 is 20.0 Å². The van der Waals surface area contributed by atoms with E-state index < -0.39 is 11.6 Å². The summed E-state index contributed by atoms with van der Waals surface area (Å²) >= 11 is 0. The van der Waals surface area contributed by atoms with E-state index in [2.05, 4.69) is 0 Å². The molecule has 0 aromatic carbocycles. The summed E-state index contributed by atoms with van der Waals surface area (Å²) in [4.78, 5) is 25.2. The van der Waals surface area contributed by atoms with Crippen LogP contribution in [0, 0.1) is 0 Å². The van der Waals surface area contributed by atoms with Crippen LogP contribution in [0.3, 0.4) is 0 Å². The SMILES string of the molecule is CN(CC(=O)O)C(=O)N1CCCC(C)(O)CC1. The van der Waals surface area contributed by atoms with E-state index in [1.165, 1.54) is 11.9 Å². The zero-order valence-electron chi connectivity index (χ0n) is 10.3. The van der Waals surface area contributed by atoms with E-state index in [1.54, 1.807) is 11.8 Å². The summed E-state index contributed by atoms with van der Waals surface area (Å²) in [6.07, 6.45) is 1.93. The molecule has 2 amide bonds. The van der Waals surface area contributed by atoms with E-state index in [9.17, 15) is 14.7 Å². The highest BCUT2D eigenvalue weighted by Gasteiger charge is 2.28. The van der Waals surface area contributed by atoms with Crippen molar-refractivity contribution in [1.29, 1.82) is 0 Å². The monoisotopic (exact) mass is 244 g/mol. The molecule has 1 saturated heterocycles. The standard InChI is InChI=1S/C11H20N2O4/c1-11(17)4-3-6-13(7-5-11)10(16)12(2)8-9(14)15/h17H,3-8H2,1-2H3,(H,14,15). The minimum atomic E-state index is -1.03. The summed E-state index contributed by atoms with van der Waals surface area (Å²) in [5.74, 6) is -1.03. The Morgan fingerprint density at radius 1 is 1.35 bits per heavy atom. The second-order valence-electron chi connectivity index (χ2n) is 4.87. The molecule has 17 heavy (non-hydrogen) atoms. The lowest BCUT2D eigenvalue weighted by atomic mass is 9.98. The second-order valence-corrected chi connectivity index (χ2v) is 4.87. The molecule has 0 aliphatic carbocycles. The number of rotatable bonds is 2. The number of likely N-dealkylation sites (N-methyl/N-ethyl adjacent to an activating group) is 1. The van der Waals surface area contributed by atoms with Crippen molar-refractivity contribution >= 4 is 12.0 Å². The third-order valence-electron chi connectivity index (χ3n) is 3.03. The number of urea groups is 1. The number of likely N-dealkylation sites (tertiary alicyclic amines) is 1. The quantitative estimate of drug-likeness (QED) is 0.735. The molecule has 1 atom stereocenters. The maximum Gasteiger partial charge on any atom is 0.323 e. The van der Waals surface area contributed by atoms with E-state index in [1.807, 2.05) is 0 Å². The van der Waals surface area contributed by atoms with Gasteiger partial charge in [0.15, 0.2) is 0 Å². The highest BCUT2D eigenvalue weighted by atomic mass is 16.4. The first kappa shape index (κ1) is 13.8. The molecule has 6 nitrogen and oxygen atoms in total. The fourth-order valence-corrected chi connectivity index (χ4v) is 1.97. The van der Waals surface area contributed by atoms with Crippen LogP contribution in [0.15, 0.2) is 0 Å². The van der Waals surface area contributed by atoms with Crippen molar-refractivity contribution < 1.29 is 19.8 Å². The molecule has 0 aromatic heterocycles. The first-order valence-electron chi connectivity index (χ1n) is 5.76. The van der Waals surface area contributed by atoms with Crippen molar-refractivity contribution in [2.24, 2.45) is 0 Å². The van der Waals surface area contributed by atoms with Crippen LogP contribution in [-0.2, 0) is 4.79 Å². The molecule has 1 rings (SSSR count). The number of hydrogen-bond donors (Lipinski definition) is 2. The number of carbonyl (C=O) groups excluding carboxylic acids is 1. The molecule has 0 bridgehead atoms. The fourth-order valence-electron chi connectivity index (χ4n) is 1.97. The summed E-state index contributed by atoms with van der Waals surface area (Å²) < 4.78 is 0. The lowest BCUT2D eigenvalue weighted by Gasteiger charge is -2.26. The van der Waals surface area contributed by atoms with Gasteiger partial charge in [-0.25, -0.2) is 4.79 Å². The molecule has 1 aliphatic heterocycles. The first-order chi connectivity index (χ1) is 7.82. The molecular formula is C11H20N2O4. The van der Waals surface area contributed by atoms with E-state index in [0.29, 0.717) is 25.9 Å². The Morgan fingerprint density at radius 2 is 2.00 bits per heavy atom. The van der Waals surface area contributed by atoms with E-state index in [-0.39, 0.29) is 12.6 Å². The minimum Gasteiger partial charge on any atom is -0.480 e. The average molecular weight is 244 g/mol. The number of carboxylic acid groups (broad SMARTS) is 1. The predicted octanol–water partition coefficient (Wildman–Crippen LogP) is 0.360. The highest BCUT2D eigenvalue weighted by molar-refractivity contribution is 5.79. The maximum absolute atomic E-state index is 11.9. The van der Waals surface area contributed by atoms with Crippen LogP contribution in [0.5, 0.6) is 0 Å². The molecule has 0 saturated carbocycles. The number of amides is 2. The van der Waals surface area contributed by atoms with Crippen molar-refractivity contribution in [3.63, 3.8) is 0 Å². The molecule has 98 valence electrons. The van der Waals surface area contributed by atoms with Crippen molar-refractivity contribution in [3.8, 4) is 0 Å². The molecule has 0 radical (unpaired) electrons. The number of carboxylic acids is 1. The normalized spacial score (nSPS) is 25.2. The van der Waals surface area contributed by atoms with Gasteiger partial charge in [-0.15, -0.1) is 0 Å². The minimum absolute atomic E-state index is 0.287. The van der Waals surface area contributed by atoms with Gasteiger partial charge in [-0.05, 0) is 26.2 Å². The zero-order valence-corrected chi connectivity index (χ0v) is 10.3. The largest absolute Gasteiger partial charge is 0.480 e. The van der Waals surface area contributed by atoms with Gasteiger partial charge in [0.05, 0.1) is 5.60 Å². The molecule has 2 N–H and O–H groups in total. The van der Waals surface area contributed by atoms with Crippen molar-refractivity contribution in [3.05, 3.63) is 0 Å². The lowest BCUT2D eigenvalue weighted by molar-refractivity contribution is -0.137. The Morgan fingerprint density at radius 3 is 2.59 bits per heavy atom. The number of aliphatic carboxylic acids is 1. The second kappa shape index (κ2) is 5.35. The topological polar surface area (TPSA) is 81.1 Å². The van der Waals surface area contributed by atoms with Crippen LogP contribution < -0.4 is 0 Å². The summed E-state index contributed by atoms with van der Waals surface area (Å²) in [5.41, 5.74) is -0.722. The van der Waals surface area contributed by atoms with Crippen LogP contribution in [-0.4, -0.2) is 64.3 Å². The number of nitrogens with zero attached hydrogens (tertiary/aromatic N) is 2. The molecule has 1 fully saturated rings. The van der Waals surface area contributed by atoms with Crippen LogP contribution in [0.4, 0.5) is 4.79 Å². The van der Waals surface area contributed by atoms with Gasteiger partial charge in [0, 0.05) is 20.1 Å². The smallest absolute Gasteiger partial charge is 0.323 e. The molecule has 6 heteroatoms. The average Bonchev–Trinajstić information content (AvgIpc) is 2.37. The zero-order chi connectivity index (χ0) is 13.1. The van der Waals surface area contributed by atoms with Gasteiger partial charge >= 0.3 is 12.0 Å². The van der Waals surface area contributed by atoms with Crippen LogP contribution >= 0.6 is 0 Å². The summed E-state index contributed by atoms with van der Waals surface area (Å²) in [6, 6.07) is -0.287. The maximum atomic E-state index is 11.9. The Labute approximate surface area is 101 Å². The van der Waals surface area contributed by atoms with Gasteiger partial charge in [0.2, 0.25) is 0 Å². The lowest BCUT2D eigenvalue weighted by Crippen LogP contribution is -2.44. The van der Waals surface area contributed by atoms with Gasteiger partial charge in [-0.1, -0.05) is 0 Å². The first-order valence-corrected chi connectivity index (χ1v) is 5.76. The Bertz CT molecular complexity index is 304. The van der Waals surface area contributed by atoms with E-state index >= 15 is 0 Å². The Balaban J connectivity index is 2.55. The molecule has 1 unspecified atom stereocenters. The third-order valence-corrected chi connectivity index (χ3v) is 3.03. The fraction of sp³-hybridized carbons (Fsp3) is 0.818. The predicted molar refractivity (Wildman–Crippen MR) is 61.7 cm³/mol. The Kier molecular flexibility index (Phi) is 4.34. The molecule has 0 spiro atoms. The van der Waals surface area contributed by atoms with Gasteiger partial charge in [-0.2, -0.15) is 0 Å². The highest BCUT2D eigenvalue weighted by Crippen LogP contribution is 2.21. The molecule has 0 aromatic rings. The molecule has 1 heterocycles. The van der Waals surface area contributed by atoms with Crippen molar-refractivity contribution in [2.45, 2.75) is 31.8 Å². The number of hydrogen-bond acceptors (Lipinski definition) is 3. The Hall–Kier alpha value is -1.30. The van der Waals surface area contributed by atoms with Gasteiger partial charge in [-0.3, -0.25) is 4.79 Å². The van der Waals surface area contributed by atoms with Crippen molar-refractivity contribution in [1.82, 2.24) is 9.80 Å². The van der Waals surface area contributed by atoms with Crippen molar-refractivity contribution in [2.75, 3.05) is 26.7 Å². The number of aliphatic hydroxyl groups is 1. The number of carbonyl (C=O) groups is 2. The van der Waals surface area contributed by atoms with E-state index in [4.69, 9.17) is 5.11 Å². The molecular weight excluding hydrogens is 224 g/mol. The summed E-state index contributed by atoms with van der Waals surface area (Å²) in [6.45, 7) is 2.50. The van der Waals surface area contributed by atoms with E-state index in [0.717, 1.165) is 6.42 Å². The van der Waals surface area contributed by atoms with Crippen LogP contribution in [0.1, 0.15) is 26.2 Å². The molecule has 1 aliphatic rings. The third kappa shape index (κ3) is 4.22. The van der Waals surface area contributed by atoms with Crippen LogP contribution in [0.25, 0.3) is 0 Å². The van der Waals surface area contributed by atoms with Crippen LogP contribution in [0.2, 0.25) is 0 Å². The van der Waals surface area contributed by atoms with Gasteiger partial charge in [0.1, 0.15) is 6.54 Å². The summed E-state index contributed by atoms with van der Waals surface area (Å²) in [5, 5.41) is 18.5. The van der Waals surface area contributed by atoms with Gasteiger partial charge in [0.25, 0.3) is 0 Å².